The first kappa shape index (κ1) is 13.3. The average molecular weight is 275 g/mol. The molecule has 1 aromatic carbocycles. The van der Waals surface area contributed by atoms with Crippen LogP contribution < -0.4 is 4.74 Å². The zero-order valence-electron chi connectivity index (χ0n) is 11.8. The second-order valence-corrected chi connectivity index (χ2v) is 5.78. The molecular weight excluding hydrogens is 254 g/mol. The van der Waals surface area contributed by atoms with Gasteiger partial charge in [0, 0.05) is 24.9 Å². The quantitative estimate of drug-likeness (QED) is 0.920. The number of aryl methyl sites for hydroxylation is 1. The summed E-state index contributed by atoms with van der Waals surface area (Å²) in [4.78, 5) is 12.9. The maximum Gasteiger partial charge on any atom is 0.407 e. The molecule has 0 saturated carbocycles. The lowest BCUT2D eigenvalue weighted by atomic mass is 10.00. The lowest BCUT2D eigenvalue weighted by Gasteiger charge is -2.37. The van der Waals surface area contributed by atoms with E-state index in [1.807, 2.05) is 12.1 Å². The zero-order chi connectivity index (χ0) is 14.1. The number of hydrogen-bond acceptors (Lipinski definition) is 2. The molecule has 4 heteroatoms. The molecule has 0 unspecified atom stereocenters. The molecule has 20 heavy (non-hydrogen) atoms. The Hall–Kier alpha value is -1.71. The Kier molecular flexibility index (Phi) is 3.55. The van der Waals surface area contributed by atoms with Gasteiger partial charge in [-0.2, -0.15) is 0 Å². The van der Waals surface area contributed by atoms with Crippen LogP contribution in [0, 0.1) is 0 Å². The molecule has 0 aliphatic carbocycles. The lowest BCUT2D eigenvalue weighted by Crippen LogP contribution is -2.48. The summed E-state index contributed by atoms with van der Waals surface area (Å²) in [5.41, 5.74) is 1.30. The average Bonchev–Trinajstić information content (AvgIpc) is 2.72. The fourth-order valence-corrected chi connectivity index (χ4v) is 3.53. The number of rotatable bonds is 3. The van der Waals surface area contributed by atoms with Gasteiger partial charge in [0.15, 0.2) is 0 Å². The second-order valence-electron chi connectivity index (χ2n) is 5.78. The zero-order valence-corrected chi connectivity index (χ0v) is 11.8. The van der Waals surface area contributed by atoms with E-state index < -0.39 is 6.09 Å². The number of benzene rings is 1. The van der Waals surface area contributed by atoms with Gasteiger partial charge in [-0.15, -0.1) is 0 Å². The Morgan fingerprint density at radius 3 is 2.35 bits per heavy atom. The standard InChI is InChI=1S/C16H21NO3/c1-2-11-3-7-14(8-4-11)20-15-9-12-5-6-13(10-15)17(12)16(18)19/h3-4,7-8,12-13,15H,2,5-6,9-10H2,1H3,(H,18,19)/t12-,13+,15-. The summed E-state index contributed by atoms with van der Waals surface area (Å²) in [7, 11) is 0. The molecule has 2 saturated heterocycles. The molecular formula is C16H21NO3. The maximum absolute atomic E-state index is 11.2. The van der Waals surface area contributed by atoms with Crippen molar-refractivity contribution in [2.75, 3.05) is 0 Å². The molecule has 1 aromatic rings. The molecule has 1 amide bonds. The van der Waals surface area contributed by atoms with Gasteiger partial charge in [0.1, 0.15) is 11.9 Å². The predicted molar refractivity (Wildman–Crippen MR) is 76.1 cm³/mol. The van der Waals surface area contributed by atoms with Crippen molar-refractivity contribution in [3.63, 3.8) is 0 Å². The third-order valence-electron chi connectivity index (χ3n) is 4.55. The van der Waals surface area contributed by atoms with E-state index in [1.54, 1.807) is 4.90 Å². The Morgan fingerprint density at radius 1 is 1.25 bits per heavy atom. The van der Waals surface area contributed by atoms with Crippen molar-refractivity contribution in [3.05, 3.63) is 29.8 Å². The summed E-state index contributed by atoms with van der Waals surface area (Å²) in [6.07, 6.45) is 3.99. The van der Waals surface area contributed by atoms with Crippen LogP contribution in [-0.2, 0) is 6.42 Å². The molecule has 2 fully saturated rings. The Bertz CT molecular complexity index is 471. The van der Waals surface area contributed by atoms with Crippen LogP contribution in [0.5, 0.6) is 5.75 Å². The first-order valence-corrected chi connectivity index (χ1v) is 7.44. The van der Waals surface area contributed by atoms with Crippen LogP contribution in [0.1, 0.15) is 38.2 Å². The number of carbonyl (C=O) groups is 1. The Morgan fingerprint density at radius 2 is 1.85 bits per heavy atom. The minimum absolute atomic E-state index is 0.145. The number of amides is 1. The normalized spacial score (nSPS) is 28.4. The minimum Gasteiger partial charge on any atom is -0.490 e. The molecule has 2 bridgehead atoms. The number of nitrogens with zero attached hydrogens (tertiary/aromatic N) is 1. The number of fused-ring (bicyclic) bond motifs is 2. The van der Waals surface area contributed by atoms with Crippen molar-refractivity contribution in [2.24, 2.45) is 0 Å². The maximum atomic E-state index is 11.2. The molecule has 4 nitrogen and oxygen atoms in total. The van der Waals surface area contributed by atoms with Crippen LogP contribution >= 0.6 is 0 Å². The van der Waals surface area contributed by atoms with Gasteiger partial charge in [-0.25, -0.2) is 4.79 Å². The minimum atomic E-state index is -0.775. The largest absolute Gasteiger partial charge is 0.490 e. The van der Waals surface area contributed by atoms with Crippen LogP contribution in [0.4, 0.5) is 4.79 Å². The summed E-state index contributed by atoms with van der Waals surface area (Å²) in [6, 6.07) is 8.51. The highest BCUT2D eigenvalue weighted by Crippen LogP contribution is 2.37. The van der Waals surface area contributed by atoms with Crippen molar-refractivity contribution in [1.29, 1.82) is 0 Å². The first-order chi connectivity index (χ1) is 9.67. The van der Waals surface area contributed by atoms with Crippen molar-refractivity contribution < 1.29 is 14.6 Å². The van der Waals surface area contributed by atoms with Gasteiger partial charge in [0.2, 0.25) is 0 Å². The third kappa shape index (κ3) is 2.47. The van der Waals surface area contributed by atoms with Crippen LogP contribution in [0.25, 0.3) is 0 Å². The van der Waals surface area contributed by atoms with E-state index >= 15 is 0 Å². The van der Waals surface area contributed by atoms with Gasteiger partial charge in [0.25, 0.3) is 0 Å². The van der Waals surface area contributed by atoms with Gasteiger partial charge < -0.3 is 14.7 Å². The summed E-state index contributed by atoms with van der Waals surface area (Å²) < 4.78 is 6.04. The smallest absolute Gasteiger partial charge is 0.407 e. The van der Waals surface area contributed by atoms with Gasteiger partial charge in [-0.3, -0.25) is 0 Å². The lowest BCUT2D eigenvalue weighted by molar-refractivity contribution is 0.0496. The van der Waals surface area contributed by atoms with Gasteiger partial charge in [-0.1, -0.05) is 19.1 Å². The topological polar surface area (TPSA) is 49.8 Å². The van der Waals surface area contributed by atoms with Crippen LogP contribution in [0.15, 0.2) is 24.3 Å². The highest BCUT2D eigenvalue weighted by molar-refractivity contribution is 5.66. The summed E-state index contributed by atoms with van der Waals surface area (Å²) >= 11 is 0. The van der Waals surface area contributed by atoms with E-state index in [1.165, 1.54) is 5.56 Å². The van der Waals surface area contributed by atoms with E-state index in [-0.39, 0.29) is 18.2 Å². The van der Waals surface area contributed by atoms with Crippen LogP contribution in [0.3, 0.4) is 0 Å². The first-order valence-electron chi connectivity index (χ1n) is 7.44. The Balaban J connectivity index is 1.64. The van der Waals surface area contributed by atoms with Crippen molar-refractivity contribution in [3.8, 4) is 5.75 Å². The third-order valence-corrected chi connectivity index (χ3v) is 4.55. The molecule has 3 rings (SSSR count). The molecule has 1 N–H and O–H groups in total. The Labute approximate surface area is 119 Å². The fraction of sp³-hybridized carbons (Fsp3) is 0.562. The number of ether oxygens (including phenoxy) is 1. The monoisotopic (exact) mass is 275 g/mol. The highest BCUT2D eigenvalue weighted by Gasteiger charge is 2.44. The van der Waals surface area contributed by atoms with E-state index in [9.17, 15) is 9.90 Å². The molecule has 2 aliphatic heterocycles. The molecule has 0 spiro atoms. The number of piperidine rings is 1. The fourth-order valence-electron chi connectivity index (χ4n) is 3.53. The summed E-state index contributed by atoms with van der Waals surface area (Å²) in [5.74, 6) is 0.898. The van der Waals surface area contributed by atoms with Crippen LogP contribution in [0.2, 0.25) is 0 Å². The molecule has 108 valence electrons. The number of hydrogen-bond donors (Lipinski definition) is 1. The molecule has 2 aliphatic rings. The molecule has 2 heterocycles. The highest BCUT2D eigenvalue weighted by atomic mass is 16.5. The SMILES string of the molecule is CCc1ccc(O[C@@H]2C[C@H]3CC[C@@H](C2)N3C(=O)O)cc1. The van der Waals surface area contributed by atoms with Crippen molar-refractivity contribution >= 4 is 6.09 Å². The van der Waals surface area contributed by atoms with Crippen molar-refractivity contribution in [1.82, 2.24) is 4.90 Å². The van der Waals surface area contributed by atoms with Gasteiger partial charge in [0.05, 0.1) is 0 Å². The van der Waals surface area contributed by atoms with Gasteiger partial charge in [-0.05, 0) is 37.0 Å². The molecule has 0 radical (unpaired) electrons. The van der Waals surface area contributed by atoms with E-state index in [0.717, 1.165) is 37.9 Å². The van der Waals surface area contributed by atoms with Gasteiger partial charge >= 0.3 is 6.09 Å². The van der Waals surface area contributed by atoms with E-state index in [4.69, 9.17) is 4.74 Å². The predicted octanol–water partition coefficient (Wildman–Crippen LogP) is 3.30. The second kappa shape index (κ2) is 5.35. The van der Waals surface area contributed by atoms with E-state index in [2.05, 4.69) is 19.1 Å². The van der Waals surface area contributed by atoms with Crippen molar-refractivity contribution in [2.45, 2.75) is 57.2 Å². The van der Waals surface area contributed by atoms with Crippen LogP contribution in [-0.4, -0.2) is 34.3 Å². The number of carboxylic acid groups (broad SMARTS) is 1. The molecule has 0 aromatic heterocycles. The summed E-state index contributed by atoms with van der Waals surface area (Å²) in [5, 5.41) is 9.24. The van der Waals surface area contributed by atoms with E-state index in [0.29, 0.717) is 0 Å². The summed E-state index contributed by atoms with van der Waals surface area (Å²) in [6.45, 7) is 2.13. The molecule has 3 atom stereocenters.